The van der Waals surface area contributed by atoms with E-state index in [1.54, 1.807) is 6.07 Å². The normalized spacial score (nSPS) is 11.2. The first-order valence-electron chi connectivity index (χ1n) is 7.77. The number of halogens is 1. The van der Waals surface area contributed by atoms with Crippen molar-refractivity contribution in [3.63, 3.8) is 0 Å². The maximum Gasteiger partial charge on any atom is 0.232 e. The molecule has 2 aromatic carbocycles. The van der Waals surface area contributed by atoms with Gasteiger partial charge in [0.25, 0.3) is 0 Å². The molecule has 0 bridgehead atoms. The minimum atomic E-state index is -3.52. The first-order valence-corrected chi connectivity index (χ1v) is 9.62. The average Bonchev–Trinajstić information content (AvgIpc) is 2.50. The third-order valence-electron chi connectivity index (χ3n) is 3.69. The fourth-order valence-corrected chi connectivity index (χ4v) is 3.50. The number of nitrogens with zero attached hydrogens (tertiary/aromatic N) is 1. The molecule has 0 spiro atoms. The first-order chi connectivity index (χ1) is 11.7. The van der Waals surface area contributed by atoms with Gasteiger partial charge in [0.2, 0.25) is 15.9 Å². The average molecular weight is 364 g/mol. The Labute approximate surface area is 147 Å². The largest absolute Gasteiger partial charge is 0.326 e. The maximum atomic E-state index is 12.9. The van der Waals surface area contributed by atoms with Crippen LogP contribution in [0.4, 0.5) is 15.8 Å². The van der Waals surface area contributed by atoms with Crippen molar-refractivity contribution in [1.82, 2.24) is 0 Å². The van der Waals surface area contributed by atoms with E-state index in [1.807, 2.05) is 26.0 Å². The zero-order valence-electron chi connectivity index (χ0n) is 14.4. The number of carbonyl (C=O) groups is 1. The molecule has 0 aliphatic carbocycles. The third kappa shape index (κ3) is 5.29. The second kappa shape index (κ2) is 7.65. The van der Waals surface area contributed by atoms with Crippen molar-refractivity contribution in [3.05, 3.63) is 59.4 Å². The SMILES string of the molecule is Cc1ccc(N(CCC(=O)Nc2ccc(F)cc2)S(C)(=O)=O)c(C)c1. The number of aryl methyl sites for hydroxylation is 2. The molecule has 1 amide bonds. The summed E-state index contributed by atoms with van der Waals surface area (Å²) in [6, 6.07) is 10.9. The van der Waals surface area contributed by atoms with Gasteiger partial charge in [-0.05, 0) is 49.7 Å². The number of carbonyl (C=O) groups excluding carboxylic acids is 1. The van der Waals surface area contributed by atoms with Crippen molar-refractivity contribution < 1.29 is 17.6 Å². The van der Waals surface area contributed by atoms with E-state index in [9.17, 15) is 17.6 Å². The van der Waals surface area contributed by atoms with Crippen LogP contribution in [0.3, 0.4) is 0 Å². The number of amides is 1. The van der Waals surface area contributed by atoms with Gasteiger partial charge in [-0.1, -0.05) is 17.7 Å². The fraction of sp³-hybridized carbons (Fsp3) is 0.278. The quantitative estimate of drug-likeness (QED) is 0.856. The minimum absolute atomic E-state index is 0.0161. The molecule has 0 atom stereocenters. The van der Waals surface area contributed by atoms with Gasteiger partial charge < -0.3 is 5.32 Å². The topological polar surface area (TPSA) is 66.5 Å². The number of nitrogens with one attached hydrogen (secondary N) is 1. The van der Waals surface area contributed by atoms with E-state index in [1.165, 1.54) is 28.6 Å². The molecule has 0 fully saturated rings. The Hall–Kier alpha value is -2.41. The summed E-state index contributed by atoms with van der Waals surface area (Å²) in [6.45, 7) is 3.78. The maximum absolute atomic E-state index is 12.9. The van der Waals surface area contributed by atoms with Crippen molar-refractivity contribution >= 4 is 27.3 Å². The molecule has 5 nitrogen and oxygen atoms in total. The number of benzene rings is 2. The molecule has 134 valence electrons. The summed E-state index contributed by atoms with van der Waals surface area (Å²) in [6.07, 6.45) is 1.10. The summed E-state index contributed by atoms with van der Waals surface area (Å²) in [4.78, 5) is 12.1. The fourth-order valence-electron chi connectivity index (χ4n) is 2.51. The van der Waals surface area contributed by atoms with E-state index in [0.717, 1.165) is 17.4 Å². The van der Waals surface area contributed by atoms with Crippen LogP contribution in [0.2, 0.25) is 0 Å². The molecule has 0 saturated heterocycles. The summed E-state index contributed by atoms with van der Waals surface area (Å²) in [5, 5.41) is 2.62. The Bertz CT molecular complexity index is 864. The lowest BCUT2D eigenvalue weighted by Crippen LogP contribution is -2.33. The van der Waals surface area contributed by atoms with Gasteiger partial charge >= 0.3 is 0 Å². The Kier molecular flexibility index (Phi) is 5.79. The predicted octanol–water partition coefficient (Wildman–Crippen LogP) is 3.24. The summed E-state index contributed by atoms with van der Waals surface area (Å²) < 4.78 is 38.4. The predicted molar refractivity (Wildman–Crippen MR) is 97.8 cm³/mol. The molecule has 0 aliphatic rings. The molecule has 0 heterocycles. The van der Waals surface area contributed by atoms with Crippen LogP contribution in [0.25, 0.3) is 0 Å². The zero-order chi connectivity index (χ0) is 18.6. The molecular formula is C18H21FN2O3S. The van der Waals surface area contributed by atoms with Gasteiger partial charge in [0.15, 0.2) is 0 Å². The van der Waals surface area contributed by atoms with Crippen LogP contribution in [0.5, 0.6) is 0 Å². The highest BCUT2D eigenvalue weighted by molar-refractivity contribution is 7.92. The number of hydrogen-bond donors (Lipinski definition) is 1. The molecule has 0 aromatic heterocycles. The van der Waals surface area contributed by atoms with Crippen molar-refractivity contribution in [3.8, 4) is 0 Å². The van der Waals surface area contributed by atoms with E-state index in [2.05, 4.69) is 5.32 Å². The molecule has 0 aliphatic heterocycles. The molecule has 7 heteroatoms. The molecule has 2 aromatic rings. The Balaban J connectivity index is 2.10. The van der Waals surface area contributed by atoms with E-state index < -0.39 is 15.8 Å². The van der Waals surface area contributed by atoms with Crippen molar-refractivity contribution in [2.45, 2.75) is 20.3 Å². The van der Waals surface area contributed by atoms with Crippen molar-refractivity contribution in [1.29, 1.82) is 0 Å². The standard InChI is InChI=1S/C18H21FN2O3S/c1-13-4-9-17(14(2)12-13)21(25(3,23)24)11-10-18(22)20-16-7-5-15(19)6-8-16/h4-9,12H,10-11H2,1-3H3,(H,20,22). The monoisotopic (exact) mass is 364 g/mol. The van der Waals surface area contributed by atoms with Crippen LogP contribution in [-0.2, 0) is 14.8 Å². The van der Waals surface area contributed by atoms with E-state index in [0.29, 0.717) is 11.4 Å². The lowest BCUT2D eigenvalue weighted by molar-refractivity contribution is -0.116. The van der Waals surface area contributed by atoms with E-state index in [-0.39, 0.29) is 18.9 Å². The van der Waals surface area contributed by atoms with Crippen LogP contribution >= 0.6 is 0 Å². The van der Waals surface area contributed by atoms with E-state index in [4.69, 9.17) is 0 Å². The molecule has 0 saturated carbocycles. The second-order valence-corrected chi connectivity index (χ2v) is 7.84. The highest BCUT2D eigenvalue weighted by atomic mass is 32.2. The summed E-state index contributed by atoms with van der Waals surface area (Å²) in [5.41, 5.74) is 2.87. The molecular weight excluding hydrogens is 343 g/mol. The van der Waals surface area contributed by atoms with Crippen LogP contribution in [0.1, 0.15) is 17.5 Å². The number of anilines is 2. The van der Waals surface area contributed by atoms with Crippen molar-refractivity contribution in [2.24, 2.45) is 0 Å². The van der Waals surface area contributed by atoms with Crippen LogP contribution in [-0.4, -0.2) is 27.1 Å². The minimum Gasteiger partial charge on any atom is -0.326 e. The number of rotatable bonds is 6. The van der Waals surface area contributed by atoms with Gasteiger partial charge in [0, 0.05) is 18.7 Å². The van der Waals surface area contributed by atoms with Gasteiger partial charge in [-0.25, -0.2) is 12.8 Å². The summed E-state index contributed by atoms with van der Waals surface area (Å²) >= 11 is 0. The van der Waals surface area contributed by atoms with Crippen LogP contribution in [0, 0.1) is 19.7 Å². The highest BCUT2D eigenvalue weighted by Crippen LogP contribution is 2.24. The van der Waals surface area contributed by atoms with Gasteiger partial charge in [-0.3, -0.25) is 9.10 Å². The first kappa shape index (κ1) is 18.9. The number of sulfonamides is 1. The highest BCUT2D eigenvalue weighted by Gasteiger charge is 2.20. The second-order valence-electron chi connectivity index (χ2n) is 5.93. The molecule has 1 N–H and O–H groups in total. The van der Waals surface area contributed by atoms with Crippen LogP contribution < -0.4 is 9.62 Å². The van der Waals surface area contributed by atoms with E-state index >= 15 is 0 Å². The van der Waals surface area contributed by atoms with Gasteiger partial charge in [0.1, 0.15) is 5.82 Å². The van der Waals surface area contributed by atoms with Crippen LogP contribution in [0.15, 0.2) is 42.5 Å². The Morgan fingerprint density at radius 3 is 2.32 bits per heavy atom. The lowest BCUT2D eigenvalue weighted by atomic mass is 10.1. The summed E-state index contributed by atoms with van der Waals surface area (Å²) in [5.74, 6) is -0.735. The molecule has 2 rings (SSSR count). The zero-order valence-corrected chi connectivity index (χ0v) is 15.2. The Morgan fingerprint density at radius 1 is 1.12 bits per heavy atom. The number of hydrogen-bond acceptors (Lipinski definition) is 3. The lowest BCUT2D eigenvalue weighted by Gasteiger charge is -2.24. The molecule has 0 radical (unpaired) electrons. The Morgan fingerprint density at radius 2 is 1.76 bits per heavy atom. The van der Waals surface area contributed by atoms with Gasteiger partial charge in [0.05, 0.1) is 11.9 Å². The van der Waals surface area contributed by atoms with Gasteiger partial charge in [-0.15, -0.1) is 0 Å². The molecule has 25 heavy (non-hydrogen) atoms. The van der Waals surface area contributed by atoms with Crippen molar-refractivity contribution in [2.75, 3.05) is 22.4 Å². The third-order valence-corrected chi connectivity index (χ3v) is 4.87. The smallest absolute Gasteiger partial charge is 0.232 e. The summed E-state index contributed by atoms with van der Waals surface area (Å²) in [7, 11) is -3.52. The van der Waals surface area contributed by atoms with Gasteiger partial charge in [-0.2, -0.15) is 0 Å². The molecule has 0 unspecified atom stereocenters.